The van der Waals surface area contributed by atoms with Crippen molar-refractivity contribution in [3.63, 3.8) is 0 Å². The van der Waals surface area contributed by atoms with E-state index in [1.54, 1.807) is 0 Å². The molecule has 1 aromatic heterocycles. The third-order valence-corrected chi connectivity index (χ3v) is 3.52. The summed E-state index contributed by atoms with van der Waals surface area (Å²) >= 11 is 0. The molecule has 1 amide bonds. The predicted octanol–water partition coefficient (Wildman–Crippen LogP) is 1.30. The molecule has 1 aromatic rings. The zero-order valence-corrected chi connectivity index (χ0v) is 11.8. The van der Waals surface area contributed by atoms with Gasteiger partial charge in [0.1, 0.15) is 6.54 Å². The van der Waals surface area contributed by atoms with E-state index in [1.807, 2.05) is 4.68 Å². The van der Waals surface area contributed by atoms with Gasteiger partial charge in [-0.25, -0.2) is 0 Å². The van der Waals surface area contributed by atoms with Crippen LogP contribution in [0.25, 0.3) is 0 Å². The Balaban J connectivity index is 1.92. The fraction of sp³-hybridized carbons (Fsp3) is 0.714. The fourth-order valence-corrected chi connectivity index (χ4v) is 2.36. The third kappa shape index (κ3) is 3.80. The van der Waals surface area contributed by atoms with E-state index in [4.69, 9.17) is 4.74 Å². The fourth-order valence-electron chi connectivity index (χ4n) is 2.36. The molecule has 2 heterocycles. The van der Waals surface area contributed by atoms with Gasteiger partial charge in [0.15, 0.2) is 0 Å². The summed E-state index contributed by atoms with van der Waals surface area (Å²) in [4.78, 5) is 12.0. The van der Waals surface area contributed by atoms with Gasteiger partial charge in [0.05, 0.1) is 5.69 Å². The first-order chi connectivity index (χ1) is 9.22. The highest BCUT2D eigenvalue weighted by molar-refractivity contribution is 5.76. The van der Waals surface area contributed by atoms with Crippen LogP contribution in [0.3, 0.4) is 0 Å². The summed E-state index contributed by atoms with van der Waals surface area (Å²) < 4.78 is 7.11. The van der Waals surface area contributed by atoms with Crippen LogP contribution in [-0.2, 0) is 28.9 Å². The molecule has 0 saturated carbocycles. The molecule has 0 unspecified atom stereocenters. The minimum atomic E-state index is 0.0485. The number of nitrogens with zero attached hydrogens (tertiary/aromatic N) is 2. The van der Waals surface area contributed by atoms with Gasteiger partial charge in [0.25, 0.3) is 0 Å². The molecule has 0 atom stereocenters. The molecule has 1 fully saturated rings. The Kier molecular flexibility index (Phi) is 4.96. The number of amides is 1. The zero-order valence-electron chi connectivity index (χ0n) is 11.8. The lowest BCUT2D eigenvalue weighted by Crippen LogP contribution is -2.40. The number of carbonyl (C=O) groups excluding carboxylic acids is 1. The first-order valence-electron chi connectivity index (χ1n) is 7.15. The smallest absolute Gasteiger partial charge is 0.241 e. The molecule has 0 aliphatic carbocycles. The quantitative estimate of drug-likeness (QED) is 0.873. The number of nitrogens with one attached hydrogen (secondary N) is 1. The summed E-state index contributed by atoms with van der Waals surface area (Å²) in [5, 5.41) is 7.53. The molecule has 1 aliphatic heterocycles. The number of aromatic nitrogens is 2. The van der Waals surface area contributed by atoms with Gasteiger partial charge in [-0.3, -0.25) is 9.48 Å². The summed E-state index contributed by atoms with van der Waals surface area (Å²) in [5.41, 5.74) is 2.18. The minimum absolute atomic E-state index is 0.0485. The van der Waals surface area contributed by atoms with Crippen molar-refractivity contribution in [2.75, 3.05) is 13.2 Å². The SMILES string of the molecule is CCc1cc(CC)n(CC(=O)NC2CCOCC2)n1. The van der Waals surface area contributed by atoms with Gasteiger partial charge >= 0.3 is 0 Å². The maximum atomic E-state index is 12.0. The first kappa shape index (κ1) is 14.1. The molecule has 19 heavy (non-hydrogen) atoms. The number of hydrogen-bond acceptors (Lipinski definition) is 3. The summed E-state index contributed by atoms with van der Waals surface area (Å²) in [5.74, 6) is 0.0485. The van der Waals surface area contributed by atoms with Crippen molar-refractivity contribution in [2.24, 2.45) is 0 Å². The molecule has 5 heteroatoms. The Bertz CT molecular complexity index is 422. The molecule has 0 bridgehead atoms. The van der Waals surface area contributed by atoms with Crippen LogP contribution in [0.1, 0.15) is 38.1 Å². The van der Waals surface area contributed by atoms with Gasteiger partial charge in [-0.15, -0.1) is 0 Å². The van der Waals surface area contributed by atoms with Crippen molar-refractivity contribution in [1.82, 2.24) is 15.1 Å². The van der Waals surface area contributed by atoms with Crippen molar-refractivity contribution in [2.45, 2.75) is 52.1 Å². The number of carbonyl (C=O) groups is 1. The lowest BCUT2D eigenvalue weighted by molar-refractivity contribution is -0.123. The molecule has 1 aliphatic rings. The van der Waals surface area contributed by atoms with Gasteiger partial charge in [-0.2, -0.15) is 5.10 Å². The molecule has 2 rings (SSSR count). The van der Waals surface area contributed by atoms with Crippen molar-refractivity contribution in [1.29, 1.82) is 0 Å². The van der Waals surface area contributed by atoms with Gasteiger partial charge in [0, 0.05) is 24.9 Å². The highest BCUT2D eigenvalue weighted by atomic mass is 16.5. The summed E-state index contributed by atoms with van der Waals surface area (Å²) in [6.07, 6.45) is 3.62. The van der Waals surface area contributed by atoms with E-state index < -0.39 is 0 Å². The zero-order chi connectivity index (χ0) is 13.7. The highest BCUT2D eigenvalue weighted by Gasteiger charge is 2.17. The molecular weight excluding hydrogens is 242 g/mol. The van der Waals surface area contributed by atoms with Crippen LogP contribution in [0.5, 0.6) is 0 Å². The normalized spacial score (nSPS) is 16.5. The van der Waals surface area contributed by atoms with Crippen molar-refractivity contribution >= 4 is 5.91 Å². The predicted molar refractivity (Wildman–Crippen MR) is 73.0 cm³/mol. The molecule has 0 spiro atoms. The van der Waals surface area contributed by atoms with Crippen LogP contribution in [0, 0.1) is 0 Å². The Labute approximate surface area is 114 Å². The Morgan fingerprint density at radius 1 is 1.42 bits per heavy atom. The van der Waals surface area contributed by atoms with Crippen LogP contribution in [0.15, 0.2) is 6.07 Å². The first-order valence-corrected chi connectivity index (χ1v) is 7.15. The van der Waals surface area contributed by atoms with Crippen LogP contribution < -0.4 is 5.32 Å². The molecule has 5 nitrogen and oxygen atoms in total. The molecular formula is C14H23N3O2. The van der Waals surface area contributed by atoms with E-state index in [-0.39, 0.29) is 11.9 Å². The van der Waals surface area contributed by atoms with Crippen LogP contribution >= 0.6 is 0 Å². The monoisotopic (exact) mass is 265 g/mol. The van der Waals surface area contributed by atoms with Gasteiger partial charge in [0.2, 0.25) is 5.91 Å². The summed E-state index contributed by atoms with van der Waals surface area (Å²) in [6, 6.07) is 2.34. The van der Waals surface area contributed by atoms with Crippen molar-refractivity contribution < 1.29 is 9.53 Å². The second kappa shape index (κ2) is 6.70. The molecule has 1 N–H and O–H groups in total. The highest BCUT2D eigenvalue weighted by Crippen LogP contribution is 2.08. The largest absolute Gasteiger partial charge is 0.381 e. The number of aryl methyl sites for hydroxylation is 2. The number of hydrogen-bond donors (Lipinski definition) is 1. The molecule has 0 aromatic carbocycles. The van der Waals surface area contributed by atoms with Gasteiger partial charge < -0.3 is 10.1 Å². The molecule has 1 saturated heterocycles. The summed E-state index contributed by atoms with van der Waals surface area (Å²) in [6.45, 7) is 5.97. The Hall–Kier alpha value is -1.36. The van der Waals surface area contributed by atoms with Crippen molar-refractivity contribution in [3.8, 4) is 0 Å². The van der Waals surface area contributed by atoms with E-state index in [1.165, 1.54) is 0 Å². The minimum Gasteiger partial charge on any atom is -0.381 e. The van der Waals surface area contributed by atoms with Crippen molar-refractivity contribution in [3.05, 3.63) is 17.5 Å². The number of ether oxygens (including phenoxy) is 1. The van der Waals surface area contributed by atoms with Crippen LogP contribution in [0.2, 0.25) is 0 Å². The van der Waals surface area contributed by atoms with Gasteiger partial charge in [-0.05, 0) is 31.7 Å². The number of rotatable bonds is 5. The maximum Gasteiger partial charge on any atom is 0.241 e. The summed E-state index contributed by atoms with van der Waals surface area (Å²) in [7, 11) is 0. The average Bonchev–Trinajstić information content (AvgIpc) is 2.82. The second-order valence-electron chi connectivity index (χ2n) is 4.95. The lowest BCUT2D eigenvalue weighted by Gasteiger charge is -2.23. The maximum absolute atomic E-state index is 12.0. The average molecular weight is 265 g/mol. The lowest BCUT2D eigenvalue weighted by atomic mass is 10.1. The van der Waals surface area contributed by atoms with Crippen LogP contribution in [0.4, 0.5) is 0 Å². The topological polar surface area (TPSA) is 56.2 Å². The van der Waals surface area contributed by atoms with Crippen LogP contribution in [-0.4, -0.2) is 34.9 Å². The van der Waals surface area contributed by atoms with E-state index in [9.17, 15) is 4.79 Å². The van der Waals surface area contributed by atoms with E-state index in [0.717, 1.165) is 50.3 Å². The van der Waals surface area contributed by atoms with Gasteiger partial charge in [-0.1, -0.05) is 13.8 Å². The second-order valence-corrected chi connectivity index (χ2v) is 4.95. The Morgan fingerprint density at radius 2 is 2.16 bits per heavy atom. The molecule has 106 valence electrons. The standard InChI is InChI=1S/C14H23N3O2/c1-3-11-9-13(4-2)17(16-11)10-14(18)15-12-5-7-19-8-6-12/h9,12H,3-8,10H2,1-2H3,(H,15,18). The third-order valence-electron chi connectivity index (χ3n) is 3.52. The molecule has 0 radical (unpaired) electrons. The van der Waals surface area contributed by atoms with E-state index in [2.05, 4.69) is 30.3 Å². The van der Waals surface area contributed by atoms with E-state index in [0.29, 0.717) is 6.54 Å². The Morgan fingerprint density at radius 3 is 2.79 bits per heavy atom. The van der Waals surface area contributed by atoms with E-state index >= 15 is 0 Å².